The van der Waals surface area contributed by atoms with Crippen molar-refractivity contribution >= 4 is 17.8 Å². The standard InChI is InChI=1S/C41H67NO6/c1-26(2)27-14-19-41(24-32(43)42(10)22-23-47-11)21-20-39(8)28(34(27)41)12-13-30-38(7)17-16-31(48-33(44)25-36(3,4)35(45)46)37(5,6)29(38)15-18-40(30,39)9/h27-31,34H,1,12-25H2,2-11H3,(H,45,46)/t27-,28+,29-,30+,31-,34+,38-,39+,40+,41+/m0/s1. The molecular formula is C41H67NO6. The van der Waals surface area contributed by atoms with E-state index in [1.54, 1.807) is 21.0 Å². The minimum absolute atomic E-state index is 0.0512. The Bertz CT molecular complexity index is 1290. The average molecular weight is 670 g/mol. The topological polar surface area (TPSA) is 93.1 Å². The van der Waals surface area contributed by atoms with Gasteiger partial charge in [-0.1, -0.05) is 46.8 Å². The van der Waals surface area contributed by atoms with E-state index in [1.807, 2.05) is 11.9 Å². The Morgan fingerprint density at radius 3 is 2.21 bits per heavy atom. The van der Waals surface area contributed by atoms with Crippen LogP contribution in [0.5, 0.6) is 0 Å². The lowest BCUT2D eigenvalue weighted by atomic mass is 9.32. The third kappa shape index (κ3) is 5.78. The highest BCUT2D eigenvalue weighted by Gasteiger charge is 2.71. The smallest absolute Gasteiger partial charge is 0.309 e. The number of carbonyl (C=O) groups excluding carboxylic acids is 2. The molecule has 5 rings (SSSR count). The van der Waals surface area contributed by atoms with Crippen LogP contribution in [0, 0.1) is 62.1 Å². The van der Waals surface area contributed by atoms with Crippen molar-refractivity contribution in [2.75, 3.05) is 27.3 Å². The summed E-state index contributed by atoms with van der Waals surface area (Å²) in [5.41, 5.74) is 0.551. The number of hydrogen-bond donors (Lipinski definition) is 1. The lowest BCUT2D eigenvalue weighted by Crippen LogP contribution is -2.67. The minimum Gasteiger partial charge on any atom is -0.481 e. The monoisotopic (exact) mass is 669 g/mol. The van der Waals surface area contributed by atoms with Crippen molar-refractivity contribution in [3.8, 4) is 0 Å². The van der Waals surface area contributed by atoms with Crippen LogP contribution in [0.1, 0.15) is 132 Å². The molecule has 0 spiro atoms. The lowest BCUT2D eigenvalue weighted by Gasteiger charge is -2.73. The summed E-state index contributed by atoms with van der Waals surface area (Å²) in [7, 11) is 3.63. The molecule has 0 saturated heterocycles. The molecule has 0 heterocycles. The van der Waals surface area contributed by atoms with Gasteiger partial charge in [-0.2, -0.15) is 0 Å². The fourth-order valence-electron chi connectivity index (χ4n) is 13.2. The second-order valence-corrected chi connectivity index (χ2v) is 19.2. The first-order chi connectivity index (χ1) is 22.2. The number of esters is 1. The van der Waals surface area contributed by atoms with Crippen LogP contribution >= 0.6 is 0 Å². The number of carbonyl (C=O) groups is 3. The number of nitrogens with zero attached hydrogens (tertiary/aromatic N) is 1. The third-order valence-electron chi connectivity index (χ3n) is 16.2. The van der Waals surface area contributed by atoms with Crippen LogP contribution in [0.3, 0.4) is 0 Å². The number of ether oxygens (including phenoxy) is 2. The van der Waals surface area contributed by atoms with Crippen molar-refractivity contribution in [1.82, 2.24) is 4.90 Å². The number of carboxylic acids is 1. The summed E-state index contributed by atoms with van der Waals surface area (Å²) in [5, 5.41) is 9.59. The van der Waals surface area contributed by atoms with E-state index in [2.05, 4.69) is 48.1 Å². The van der Waals surface area contributed by atoms with Crippen molar-refractivity contribution < 1.29 is 29.0 Å². The third-order valence-corrected chi connectivity index (χ3v) is 16.2. The van der Waals surface area contributed by atoms with E-state index in [1.165, 1.54) is 31.3 Å². The Morgan fingerprint density at radius 1 is 0.896 bits per heavy atom. The molecule has 7 nitrogen and oxygen atoms in total. The van der Waals surface area contributed by atoms with Crippen molar-refractivity contribution in [2.45, 2.75) is 139 Å². The Kier molecular flexibility index (Phi) is 9.89. The zero-order chi connectivity index (χ0) is 35.7. The summed E-state index contributed by atoms with van der Waals surface area (Å²) < 4.78 is 11.5. The Hall–Kier alpha value is -1.89. The molecule has 0 aliphatic heterocycles. The fraction of sp³-hybridized carbons (Fsp3) is 0.878. The molecule has 5 aliphatic carbocycles. The van der Waals surface area contributed by atoms with Gasteiger partial charge in [0.15, 0.2) is 0 Å². The zero-order valence-electron chi connectivity index (χ0n) is 32.0. The number of fused-ring (bicyclic) bond motifs is 7. The predicted molar refractivity (Wildman–Crippen MR) is 189 cm³/mol. The molecular weight excluding hydrogens is 602 g/mol. The van der Waals surface area contributed by atoms with Crippen LogP contribution in [0.15, 0.2) is 12.2 Å². The zero-order valence-corrected chi connectivity index (χ0v) is 32.0. The van der Waals surface area contributed by atoms with Gasteiger partial charge >= 0.3 is 11.9 Å². The SMILES string of the molecule is C=C(C)[C@@H]1CC[C@]2(CC(=O)N(C)CCOC)CC[C@]3(C)[C@H](CC[C@@H]4[C@@]5(C)CC[C@H](OC(=O)CC(C)(C)C(=O)O)C(C)(C)[C@@H]5CC[C@]43C)[C@@H]12. The molecule has 0 unspecified atom stereocenters. The van der Waals surface area contributed by atoms with E-state index >= 15 is 0 Å². The summed E-state index contributed by atoms with van der Waals surface area (Å²) in [6.07, 6.45) is 11.5. The first-order valence-electron chi connectivity index (χ1n) is 19.0. The molecule has 272 valence electrons. The second kappa shape index (κ2) is 12.7. The molecule has 5 aliphatic rings. The van der Waals surface area contributed by atoms with E-state index in [-0.39, 0.29) is 45.5 Å². The summed E-state index contributed by atoms with van der Waals surface area (Å²) in [5.74, 6) is 1.48. The van der Waals surface area contributed by atoms with Crippen molar-refractivity contribution in [1.29, 1.82) is 0 Å². The van der Waals surface area contributed by atoms with Gasteiger partial charge in [-0.25, -0.2) is 0 Å². The second-order valence-electron chi connectivity index (χ2n) is 19.2. The molecule has 10 atom stereocenters. The van der Waals surface area contributed by atoms with Gasteiger partial charge in [-0.05, 0) is 136 Å². The van der Waals surface area contributed by atoms with Gasteiger partial charge in [-0.15, -0.1) is 0 Å². The molecule has 0 aromatic rings. The molecule has 5 fully saturated rings. The fourth-order valence-corrected chi connectivity index (χ4v) is 13.2. The van der Waals surface area contributed by atoms with Gasteiger partial charge < -0.3 is 19.5 Å². The van der Waals surface area contributed by atoms with E-state index in [0.29, 0.717) is 49.2 Å². The van der Waals surface area contributed by atoms with Gasteiger partial charge in [0.05, 0.1) is 18.4 Å². The van der Waals surface area contributed by atoms with Gasteiger partial charge in [0.25, 0.3) is 0 Å². The highest BCUT2D eigenvalue weighted by Crippen LogP contribution is 2.78. The quantitative estimate of drug-likeness (QED) is 0.185. The normalized spacial score (nSPS) is 41.6. The van der Waals surface area contributed by atoms with Crippen LogP contribution in [0.25, 0.3) is 0 Å². The van der Waals surface area contributed by atoms with Gasteiger partial charge in [0.1, 0.15) is 6.10 Å². The van der Waals surface area contributed by atoms with Crippen LogP contribution in [-0.2, 0) is 23.9 Å². The summed E-state index contributed by atoms with van der Waals surface area (Å²) in [6, 6.07) is 0. The summed E-state index contributed by atoms with van der Waals surface area (Å²) in [6.45, 7) is 23.6. The molecule has 1 amide bonds. The van der Waals surface area contributed by atoms with Gasteiger partial charge in [0, 0.05) is 32.5 Å². The number of methoxy groups -OCH3 is 1. The van der Waals surface area contributed by atoms with Crippen LogP contribution in [-0.4, -0.2) is 61.3 Å². The molecule has 7 heteroatoms. The lowest BCUT2D eigenvalue weighted by molar-refractivity contribution is -0.250. The number of rotatable bonds is 10. The number of allylic oxidation sites excluding steroid dienone is 1. The molecule has 5 saturated carbocycles. The van der Waals surface area contributed by atoms with Crippen LogP contribution in [0.2, 0.25) is 0 Å². The number of aliphatic carboxylic acids is 1. The maximum absolute atomic E-state index is 13.7. The maximum atomic E-state index is 13.7. The number of amides is 1. The largest absolute Gasteiger partial charge is 0.481 e. The number of hydrogen-bond acceptors (Lipinski definition) is 5. The van der Waals surface area contributed by atoms with Crippen molar-refractivity contribution in [2.24, 2.45) is 62.1 Å². The van der Waals surface area contributed by atoms with E-state index in [0.717, 1.165) is 38.5 Å². The van der Waals surface area contributed by atoms with Gasteiger partial charge in [0.2, 0.25) is 5.91 Å². The first-order valence-corrected chi connectivity index (χ1v) is 19.0. The Labute approximate surface area is 291 Å². The highest BCUT2D eigenvalue weighted by atomic mass is 16.5. The molecule has 0 aromatic carbocycles. The Morgan fingerprint density at radius 2 is 1.58 bits per heavy atom. The van der Waals surface area contributed by atoms with Crippen LogP contribution < -0.4 is 0 Å². The average Bonchev–Trinajstić information content (AvgIpc) is 3.37. The maximum Gasteiger partial charge on any atom is 0.309 e. The molecule has 0 aromatic heterocycles. The van der Waals surface area contributed by atoms with Crippen molar-refractivity contribution in [3.63, 3.8) is 0 Å². The summed E-state index contributed by atoms with van der Waals surface area (Å²) in [4.78, 5) is 40.4. The predicted octanol–water partition coefficient (Wildman–Crippen LogP) is 8.55. The number of likely N-dealkylation sites (N-methyl/N-ethyl adjacent to an activating group) is 1. The van der Waals surface area contributed by atoms with Crippen molar-refractivity contribution in [3.05, 3.63) is 12.2 Å². The van der Waals surface area contributed by atoms with Crippen LogP contribution in [0.4, 0.5) is 0 Å². The first kappa shape index (κ1) is 37.4. The van der Waals surface area contributed by atoms with Gasteiger partial charge in [-0.3, -0.25) is 14.4 Å². The molecule has 1 N–H and O–H groups in total. The molecule has 0 radical (unpaired) electrons. The molecule has 0 bridgehead atoms. The Balaban J connectivity index is 1.40. The summed E-state index contributed by atoms with van der Waals surface area (Å²) >= 11 is 0. The highest BCUT2D eigenvalue weighted by molar-refractivity contribution is 5.81. The molecule has 48 heavy (non-hydrogen) atoms. The van der Waals surface area contributed by atoms with E-state index in [9.17, 15) is 19.5 Å². The van der Waals surface area contributed by atoms with E-state index < -0.39 is 17.4 Å². The minimum atomic E-state index is -1.14. The van der Waals surface area contributed by atoms with E-state index in [4.69, 9.17) is 9.47 Å². The number of carboxylic acid groups (broad SMARTS) is 1.